The van der Waals surface area contributed by atoms with Crippen molar-refractivity contribution in [2.24, 2.45) is 11.8 Å². The Morgan fingerprint density at radius 2 is 1.54 bits per heavy atom. The van der Waals surface area contributed by atoms with Gasteiger partial charge >= 0.3 is 0 Å². The molecular formula is C18H24N4O2. The Morgan fingerprint density at radius 3 is 2.12 bits per heavy atom. The highest BCUT2D eigenvalue weighted by Crippen LogP contribution is 2.37. The number of nitrogens with zero attached hydrogens (tertiary/aromatic N) is 3. The zero-order valence-electron chi connectivity index (χ0n) is 14.3. The summed E-state index contributed by atoms with van der Waals surface area (Å²) in [4.78, 5) is 11.7. The van der Waals surface area contributed by atoms with Gasteiger partial charge in [0, 0.05) is 24.5 Å². The van der Waals surface area contributed by atoms with E-state index in [4.69, 9.17) is 20.2 Å². The quantitative estimate of drug-likeness (QED) is 0.934. The molecule has 24 heavy (non-hydrogen) atoms. The molecule has 3 fully saturated rings. The van der Waals surface area contributed by atoms with Crippen LogP contribution in [0.2, 0.25) is 0 Å². The van der Waals surface area contributed by atoms with Crippen LogP contribution in [-0.2, 0) is 0 Å². The van der Waals surface area contributed by atoms with E-state index in [1.54, 1.807) is 14.2 Å². The normalized spacial score (nSPS) is 23.3. The fourth-order valence-electron chi connectivity index (χ4n) is 4.07. The highest BCUT2D eigenvalue weighted by atomic mass is 16.5. The SMILES string of the molecule is COc1cc2nc(N3CC4CCC(CC4)C3)nc(N)c2cc1OC. The lowest BCUT2D eigenvalue weighted by Gasteiger charge is -2.23. The topological polar surface area (TPSA) is 73.5 Å². The van der Waals surface area contributed by atoms with Crippen LogP contribution in [0.5, 0.6) is 11.5 Å². The predicted octanol–water partition coefficient (Wildman–Crippen LogP) is 2.86. The summed E-state index contributed by atoms with van der Waals surface area (Å²) in [5, 5.41) is 0.800. The molecule has 0 atom stereocenters. The van der Waals surface area contributed by atoms with Gasteiger partial charge in [0.05, 0.1) is 19.7 Å². The van der Waals surface area contributed by atoms with Crippen LogP contribution < -0.4 is 20.1 Å². The van der Waals surface area contributed by atoms with Gasteiger partial charge in [-0.3, -0.25) is 0 Å². The predicted molar refractivity (Wildman–Crippen MR) is 94.7 cm³/mol. The number of methoxy groups -OCH3 is 2. The fraction of sp³-hybridized carbons (Fsp3) is 0.556. The van der Waals surface area contributed by atoms with Gasteiger partial charge in [0.15, 0.2) is 11.5 Å². The van der Waals surface area contributed by atoms with Crippen molar-refractivity contribution in [3.05, 3.63) is 12.1 Å². The molecule has 2 bridgehead atoms. The molecule has 1 aromatic heterocycles. The fourth-order valence-corrected chi connectivity index (χ4v) is 4.07. The van der Waals surface area contributed by atoms with Gasteiger partial charge in [-0.25, -0.2) is 4.98 Å². The molecule has 0 unspecified atom stereocenters. The first kappa shape index (κ1) is 15.3. The standard InChI is InChI=1S/C18H24N4O2/c1-23-15-7-13-14(8-16(15)24-2)20-18(21-17(13)19)22-9-11-3-4-12(10-22)6-5-11/h7-8,11-12H,3-6,9-10H2,1-2H3,(H2,19,20,21). The summed E-state index contributed by atoms with van der Waals surface area (Å²) in [5.74, 6) is 4.05. The maximum absolute atomic E-state index is 6.23. The minimum absolute atomic E-state index is 0.493. The highest BCUT2D eigenvalue weighted by Gasteiger charge is 2.30. The van der Waals surface area contributed by atoms with E-state index in [0.717, 1.165) is 41.8 Å². The molecule has 2 N–H and O–H groups in total. The molecule has 0 spiro atoms. The molecule has 1 aliphatic carbocycles. The number of anilines is 2. The largest absolute Gasteiger partial charge is 0.493 e. The summed E-state index contributed by atoms with van der Waals surface area (Å²) < 4.78 is 10.7. The molecule has 6 nitrogen and oxygen atoms in total. The van der Waals surface area contributed by atoms with Crippen molar-refractivity contribution in [1.82, 2.24) is 9.97 Å². The molecule has 128 valence electrons. The van der Waals surface area contributed by atoms with Crippen LogP contribution in [-0.4, -0.2) is 37.3 Å². The average Bonchev–Trinajstić information content (AvgIpc) is 2.94. The number of fused-ring (bicyclic) bond motifs is 5. The van der Waals surface area contributed by atoms with Crippen molar-refractivity contribution in [3.63, 3.8) is 0 Å². The van der Waals surface area contributed by atoms with E-state index >= 15 is 0 Å². The van der Waals surface area contributed by atoms with Gasteiger partial charge in [-0.05, 0) is 43.6 Å². The molecule has 5 rings (SSSR count). The van der Waals surface area contributed by atoms with Gasteiger partial charge < -0.3 is 20.1 Å². The maximum Gasteiger partial charge on any atom is 0.227 e. The zero-order chi connectivity index (χ0) is 16.7. The second-order valence-electron chi connectivity index (χ2n) is 6.92. The number of nitrogen functional groups attached to an aromatic ring is 1. The minimum Gasteiger partial charge on any atom is -0.493 e. The lowest BCUT2D eigenvalue weighted by atomic mass is 9.84. The zero-order valence-corrected chi connectivity index (χ0v) is 14.3. The molecule has 2 aliphatic heterocycles. The second kappa shape index (κ2) is 6.00. The molecule has 0 radical (unpaired) electrons. The molecular weight excluding hydrogens is 304 g/mol. The van der Waals surface area contributed by atoms with Crippen LogP contribution in [0.3, 0.4) is 0 Å². The van der Waals surface area contributed by atoms with E-state index in [1.165, 1.54) is 25.7 Å². The van der Waals surface area contributed by atoms with Crippen LogP contribution in [0.15, 0.2) is 12.1 Å². The Hall–Kier alpha value is -2.24. The number of aromatic nitrogens is 2. The first-order valence-corrected chi connectivity index (χ1v) is 8.62. The number of benzene rings is 1. The van der Waals surface area contributed by atoms with E-state index in [2.05, 4.69) is 9.88 Å². The Kier molecular flexibility index (Phi) is 3.82. The van der Waals surface area contributed by atoms with Crippen LogP contribution in [0.25, 0.3) is 10.9 Å². The summed E-state index contributed by atoms with van der Waals surface area (Å²) in [6.07, 6.45) is 5.31. The summed E-state index contributed by atoms with van der Waals surface area (Å²) in [6.45, 7) is 2.07. The minimum atomic E-state index is 0.493. The molecule has 6 heteroatoms. The third kappa shape index (κ3) is 2.60. The third-order valence-corrected chi connectivity index (χ3v) is 5.43. The van der Waals surface area contributed by atoms with Crippen LogP contribution in [0, 0.1) is 11.8 Å². The third-order valence-electron chi connectivity index (χ3n) is 5.43. The van der Waals surface area contributed by atoms with E-state index in [0.29, 0.717) is 17.3 Å². The molecule has 1 aromatic carbocycles. The first-order chi connectivity index (χ1) is 11.7. The first-order valence-electron chi connectivity index (χ1n) is 8.62. The van der Waals surface area contributed by atoms with Gasteiger partial charge in [0.2, 0.25) is 5.95 Å². The highest BCUT2D eigenvalue weighted by molar-refractivity contribution is 5.91. The molecule has 1 saturated carbocycles. The maximum atomic E-state index is 6.23. The van der Waals surface area contributed by atoms with Gasteiger partial charge in [-0.2, -0.15) is 4.98 Å². The molecule has 3 heterocycles. The lowest BCUT2D eigenvalue weighted by Crippen LogP contribution is -2.30. The van der Waals surface area contributed by atoms with Crippen molar-refractivity contribution in [1.29, 1.82) is 0 Å². The average molecular weight is 328 g/mol. The summed E-state index contributed by atoms with van der Waals surface area (Å²) >= 11 is 0. The van der Waals surface area contributed by atoms with Gasteiger partial charge in [0.25, 0.3) is 0 Å². The summed E-state index contributed by atoms with van der Waals surface area (Å²) in [6, 6.07) is 3.72. The number of hydrogen-bond acceptors (Lipinski definition) is 6. The van der Waals surface area contributed by atoms with Crippen LogP contribution in [0.1, 0.15) is 25.7 Å². The van der Waals surface area contributed by atoms with E-state index in [9.17, 15) is 0 Å². The van der Waals surface area contributed by atoms with Crippen molar-refractivity contribution in [2.75, 3.05) is 37.9 Å². The number of hydrogen-bond donors (Lipinski definition) is 1. The summed E-state index contributed by atoms with van der Waals surface area (Å²) in [5.41, 5.74) is 7.03. The van der Waals surface area contributed by atoms with Crippen molar-refractivity contribution >= 4 is 22.7 Å². The van der Waals surface area contributed by atoms with Gasteiger partial charge in [-0.15, -0.1) is 0 Å². The number of nitrogens with two attached hydrogens (primary N) is 1. The molecule has 3 aliphatic rings. The Bertz CT molecular complexity index is 742. The van der Waals surface area contributed by atoms with E-state index in [-0.39, 0.29) is 0 Å². The smallest absolute Gasteiger partial charge is 0.227 e. The van der Waals surface area contributed by atoms with Crippen molar-refractivity contribution in [2.45, 2.75) is 25.7 Å². The molecule has 2 saturated heterocycles. The number of ether oxygens (including phenoxy) is 2. The van der Waals surface area contributed by atoms with E-state index < -0.39 is 0 Å². The summed E-state index contributed by atoms with van der Waals surface area (Å²) in [7, 11) is 3.24. The van der Waals surface area contributed by atoms with Gasteiger partial charge in [-0.1, -0.05) is 0 Å². The molecule has 2 aromatic rings. The Labute approximate surface area is 142 Å². The monoisotopic (exact) mass is 328 g/mol. The van der Waals surface area contributed by atoms with Crippen LogP contribution >= 0.6 is 0 Å². The molecule has 0 amide bonds. The number of rotatable bonds is 3. The van der Waals surface area contributed by atoms with Crippen molar-refractivity contribution < 1.29 is 9.47 Å². The van der Waals surface area contributed by atoms with Crippen LogP contribution in [0.4, 0.5) is 11.8 Å². The van der Waals surface area contributed by atoms with E-state index in [1.807, 2.05) is 12.1 Å². The van der Waals surface area contributed by atoms with Crippen molar-refractivity contribution in [3.8, 4) is 11.5 Å². The van der Waals surface area contributed by atoms with Gasteiger partial charge in [0.1, 0.15) is 5.82 Å². The second-order valence-corrected chi connectivity index (χ2v) is 6.92. The Balaban J connectivity index is 1.76. The lowest BCUT2D eigenvalue weighted by molar-refractivity contribution is 0.326. The Morgan fingerprint density at radius 1 is 0.958 bits per heavy atom.